The highest BCUT2D eigenvalue weighted by molar-refractivity contribution is 5.91. The average molecular weight is 557 g/mol. The first-order valence-corrected chi connectivity index (χ1v) is 14.7. The molecule has 4 aromatic rings. The molecule has 0 N–H and O–H groups in total. The van der Waals surface area contributed by atoms with Crippen LogP contribution >= 0.6 is 0 Å². The molecule has 41 heavy (non-hydrogen) atoms. The number of hydrogen-bond acceptors (Lipinski definition) is 3. The first-order chi connectivity index (χ1) is 20.0. The van der Waals surface area contributed by atoms with Crippen LogP contribution in [0.15, 0.2) is 72.8 Å². The lowest BCUT2D eigenvalue weighted by Gasteiger charge is -2.27. The summed E-state index contributed by atoms with van der Waals surface area (Å²) in [6, 6.07) is 20.6. The van der Waals surface area contributed by atoms with Gasteiger partial charge in [0, 0.05) is 31.3 Å². The van der Waals surface area contributed by atoms with Gasteiger partial charge in [0.15, 0.2) is 11.6 Å². The summed E-state index contributed by atoms with van der Waals surface area (Å²) in [5, 5.41) is 0. The topological polar surface area (TPSA) is 41.4 Å². The zero-order valence-corrected chi connectivity index (χ0v) is 23.7. The van der Waals surface area contributed by atoms with Crippen molar-refractivity contribution in [2.24, 2.45) is 0 Å². The van der Waals surface area contributed by atoms with Gasteiger partial charge in [-0.3, -0.25) is 9.69 Å². The Morgan fingerprint density at radius 1 is 0.927 bits per heavy atom. The number of carbonyl (C=O) groups excluding carboxylic acids is 1. The SMILES string of the molecule is CCCCN(Cc1nc2ccccc2n1Cc1ccccc1CN1CCCCC1)C(=O)C=Cc1cccc(F)c1F. The van der Waals surface area contributed by atoms with Crippen LogP contribution in [0.2, 0.25) is 0 Å². The third-order valence-corrected chi connectivity index (χ3v) is 7.84. The molecule has 1 fully saturated rings. The van der Waals surface area contributed by atoms with Crippen molar-refractivity contribution in [3.05, 3.63) is 107 Å². The number of amides is 1. The van der Waals surface area contributed by atoms with Gasteiger partial charge in [0.2, 0.25) is 5.91 Å². The molecule has 1 amide bonds. The van der Waals surface area contributed by atoms with Crippen molar-refractivity contribution in [3.63, 3.8) is 0 Å². The molecule has 2 heterocycles. The summed E-state index contributed by atoms with van der Waals surface area (Å²) in [5.41, 5.74) is 4.52. The number of halogens is 2. The van der Waals surface area contributed by atoms with Crippen LogP contribution in [0.1, 0.15) is 61.5 Å². The molecule has 1 aliphatic heterocycles. The zero-order chi connectivity index (χ0) is 28.6. The summed E-state index contributed by atoms with van der Waals surface area (Å²) in [6.45, 7) is 6.79. The van der Waals surface area contributed by atoms with E-state index in [-0.39, 0.29) is 11.5 Å². The Morgan fingerprint density at radius 3 is 2.44 bits per heavy atom. The number of fused-ring (bicyclic) bond motifs is 1. The molecular weight excluding hydrogens is 518 g/mol. The normalized spacial score (nSPS) is 14.2. The summed E-state index contributed by atoms with van der Waals surface area (Å²) in [6.07, 6.45) is 8.23. The Balaban J connectivity index is 1.43. The van der Waals surface area contributed by atoms with Crippen molar-refractivity contribution in [2.45, 2.75) is 58.7 Å². The van der Waals surface area contributed by atoms with Gasteiger partial charge in [0.25, 0.3) is 0 Å². The maximum Gasteiger partial charge on any atom is 0.246 e. The molecule has 0 aliphatic carbocycles. The highest BCUT2D eigenvalue weighted by atomic mass is 19.2. The predicted molar refractivity (Wildman–Crippen MR) is 160 cm³/mol. The van der Waals surface area contributed by atoms with Gasteiger partial charge >= 0.3 is 0 Å². The Kier molecular flexibility index (Phi) is 9.57. The zero-order valence-electron chi connectivity index (χ0n) is 23.7. The number of hydrogen-bond donors (Lipinski definition) is 0. The van der Waals surface area contributed by atoms with Gasteiger partial charge in [-0.1, -0.05) is 68.3 Å². The van der Waals surface area contributed by atoms with Gasteiger partial charge in [0.05, 0.1) is 17.6 Å². The highest BCUT2D eigenvalue weighted by Gasteiger charge is 2.19. The van der Waals surface area contributed by atoms with E-state index in [1.165, 1.54) is 54.7 Å². The third kappa shape index (κ3) is 7.09. The summed E-state index contributed by atoms with van der Waals surface area (Å²) in [7, 11) is 0. The van der Waals surface area contributed by atoms with Crippen LogP contribution < -0.4 is 0 Å². The number of imidazole rings is 1. The standard InChI is InChI=1S/C34H38F2N4O/c1-2-3-22-39(33(41)19-18-26-14-11-15-29(35)34(26)36)25-32-37-30-16-7-8-17-31(30)40(32)24-28-13-6-5-12-27(28)23-38-20-9-4-10-21-38/h5-8,11-19H,2-4,9-10,20-25H2,1H3. The van der Waals surface area contributed by atoms with Gasteiger partial charge in [-0.2, -0.15) is 0 Å². The fourth-order valence-electron chi connectivity index (χ4n) is 5.52. The molecule has 0 atom stereocenters. The largest absolute Gasteiger partial charge is 0.332 e. The van der Waals surface area contributed by atoms with Crippen molar-refractivity contribution in [3.8, 4) is 0 Å². The Bertz CT molecular complexity index is 1510. The van der Waals surface area contributed by atoms with E-state index in [9.17, 15) is 13.6 Å². The van der Waals surface area contributed by atoms with E-state index in [0.29, 0.717) is 19.6 Å². The number of unbranched alkanes of at least 4 members (excludes halogenated alkanes) is 1. The Morgan fingerprint density at radius 2 is 1.66 bits per heavy atom. The maximum absolute atomic E-state index is 14.2. The lowest BCUT2D eigenvalue weighted by Crippen LogP contribution is -2.31. The number of benzene rings is 3. The molecule has 0 unspecified atom stereocenters. The number of rotatable bonds is 11. The molecule has 7 heteroatoms. The minimum atomic E-state index is -0.957. The van der Waals surface area contributed by atoms with Crippen LogP contribution in [0.3, 0.4) is 0 Å². The molecule has 3 aromatic carbocycles. The van der Waals surface area contributed by atoms with Crippen molar-refractivity contribution in [1.82, 2.24) is 19.4 Å². The van der Waals surface area contributed by atoms with Crippen molar-refractivity contribution in [2.75, 3.05) is 19.6 Å². The highest BCUT2D eigenvalue weighted by Crippen LogP contribution is 2.23. The Labute approximate surface area is 241 Å². The minimum absolute atomic E-state index is 0.0475. The molecule has 5 rings (SSSR count). The molecule has 1 saturated heterocycles. The second kappa shape index (κ2) is 13.7. The van der Waals surface area contributed by atoms with Crippen molar-refractivity contribution < 1.29 is 13.6 Å². The molecule has 0 spiro atoms. The van der Waals surface area contributed by atoms with E-state index in [2.05, 4.69) is 46.7 Å². The summed E-state index contributed by atoms with van der Waals surface area (Å²) in [4.78, 5) is 22.6. The van der Waals surface area contributed by atoms with Gasteiger partial charge in [-0.25, -0.2) is 13.8 Å². The van der Waals surface area contributed by atoms with Crippen molar-refractivity contribution in [1.29, 1.82) is 0 Å². The second-order valence-corrected chi connectivity index (χ2v) is 10.8. The van der Waals surface area contributed by atoms with Gasteiger partial charge in [-0.05, 0) is 67.8 Å². The van der Waals surface area contributed by atoms with E-state index in [4.69, 9.17) is 4.98 Å². The third-order valence-electron chi connectivity index (χ3n) is 7.84. The number of likely N-dealkylation sites (tertiary alicyclic amines) is 1. The van der Waals surface area contributed by atoms with Crippen LogP contribution in [-0.2, 0) is 24.4 Å². The summed E-state index contributed by atoms with van der Waals surface area (Å²) < 4.78 is 30.1. The number of piperidine rings is 1. The average Bonchev–Trinajstić information content (AvgIpc) is 3.34. The van der Waals surface area contributed by atoms with E-state index >= 15 is 0 Å². The monoisotopic (exact) mass is 556 g/mol. The summed E-state index contributed by atoms with van der Waals surface area (Å²) >= 11 is 0. The number of para-hydroxylation sites is 2. The fourth-order valence-corrected chi connectivity index (χ4v) is 5.52. The van der Waals surface area contributed by atoms with Gasteiger partial charge < -0.3 is 9.47 Å². The number of aromatic nitrogens is 2. The molecule has 5 nitrogen and oxygen atoms in total. The lowest BCUT2D eigenvalue weighted by molar-refractivity contribution is -0.126. The Hall–Kier alpha value is -3.84. The predicted octanol–water partition coefficient (Wildman–Crippen LogP) is 7.19. The summed E-state index contributed by atoms with van der Waals surface area (Å²) in [5.74, 6) is -1.35. The number of nitrogens with zero attached hydrogens (tertiary/aromatic N) is 4. The van der Waals surface area contributed by atoms with Crippen LogP contribution in [0.25, 0.3) is 17.1 Å². The van der Waals surface area contributed by atoms with Crippen molar-refractivity contribution >= 4 is 23.0 Å². The van der Waals surface area contributed by atoms with Crippen LogP contribution in [-0.4, -0.2) is 44.9 Å². The minimum Gasteiger partial charge on any atom is -0.332 e. The van der Waals surface area contributed by atoms with E-state index in [1.807, 2.05) is 18.2 Å². The van der Waals surface area contributed by atoms with Crippen LogP contribution in [0, 0.1) is 11.6 Å². The maximum atomic E-state index is 14.2. The molecule has 0 bridgehead atoms. The second-order valence-electron chi connectivity index (χ2n) is 10.8. The number of carbonyl (C=O) groups is 1. The van der Waals surface area contributed by atoms with Gasteiger partial charge in [-0.15, -0.1) is 0 Å². The molecule has 1 aromatic heterocycles. The molecule has 1 aliphatic rings. The molecule has 0 radical (unpaired) electrons. The van der Waals surface area contributed by atoms with E-state index < -0.39 is 11.6 Å². The molecule has 214 valence electrons. The smallest absolute Gasteiger partial charge is 0.246 e. The fraction of sp³-hybridized carbons (Fsp3) is 0.353. The van der Waals surface area contributed by atoms with E-state index in [1.54, 1.807) is 4.90 Å². The van der Waals surface area contributed by atoms with E-state index in [0.717, 1.165) is 55.4 Å². The van der Waals surface area contributed by atoms with Gasteiger partial charge in [0.1, 0.15) is 5.82 Å². The first-order valence-electron chi connectivity index (χ1n) is 14.7. The molecule has 0 saturated carbocycles. The first kappa shape index (κ1) is 28.7. The van der Waals surface area contributed by atoms with Crippen LogP contribution in [0.4, 0.5) is 8.78 Å². The lowest BCUT2D eigenvalue weighted by atomic mass is 10.0. The molecular formula is C34H38F2N4O. The van der Waals surface area contributed by atoms with Crippen LogP contribution in [0.5, 0.6) is 0 Å². The quantitative estimate of drug-likeness (QED) is 0.184.